The highest BCUT2D eigenvalue weighted by atomic mass is 32.2. The maximum atomic E-state index is 12.0. The number of amides is 2. The van der Waals surface area contributed by atoms with Crippen molar-refractivity contribution in [2.75, 3.05) is 22.7 Å². The van der Waals surface area contributed by atoms with Gasteiger partial charge >= 0.3 is 0 Å². The van der Waals surface area contributed by atoms with Crippen molar-refractivity contribution in [2.24, 2.45) is 5.73 Å². The van der Waals surface area contributed by atoms with Gasteiger partial charge in [0.05, 0.1) is 17.5 Å². The number of anilines is 1. The van der Waals surface area contributed by atoms with Gasteiger partial charge in [-0.1, -0.05) is 12.1 Å². The first kappa shape index (κ1) is 14.2. The highest BCUT2D eigenvalue weighted by Gasteiger charge is 2.23. The fourth-order valence-corrected chi connectivity index (χ4v) is 3.32. The molecular weight excluding hydrogens is 282 g/mol. The van der Waals surface area contributed by atoms with Crippen LogP contribution in [-0.4, -0.2) is 35.2 Å². The van der Waals surface area contributed by atoms with Crippen LogP contribution in [0.4, 0.5) is 5.69 Å². The Morgan fingerprint density at radius 3 is 2.95 bits per heavy atom. The van der Waals surface area contributed by atoms with E-state index in [1.54, 1.807) is 11.8 Å². The van der Waals surface area contributed by atoms with E-state index in [1.165, 1.54) is 11.8 Å². The molecule has 1 aromatic carbocycles. The SMILES string of the molecule is NC(=O)CSc1ccccc1NC(=O)C1CSCN1. The van der Waals surface area contributed by atoms with Gasteiger partial charge in [0, 0.05) is 16.5 Å². The first-order valence-electron chi connectivity index (χ1n) is 5.79. The molecule has 1 fully saturated rings. The van der Waals surface area contributed by atoms with Crippen LogP contribution in [0.2, 0.25) is 0 Å². The summed E-state index contributed by atoms with van der Waals surface area (Å²) < 4.78 is 0. The molecule has 0 aliphatic carbocycles. The predicted octanol–water partition coefficient (Wildman–Crippen LogP) is 0.865. The Balaban J connectivity index is 2.02. The van der Waals surface area contributed by atoms with Gasteiger partial charge in [-0.25, -0.2) is 0 Å². The average Bonchev–Trinajstić information content (AvgIpc) is 2.91. The van der Waals surface area contributed by atoms with E-state index in [0.717, 1.165) is 22.2 Å². The van der Waals surface area contributed by atoms with Crippen LogP contribution in [0, 0.1) is 0 Å². The molecule has 0 spiro atoms. The predicted molar refractivity (Wildman–Crippen MR) is 79.2 cm³/mol. The zero-order chi connectivity index (χ0) is 13.7. The molecule has 0 radical (unpaired) electrons. The molecule has 2 rings (SSSR count). The minimum atomic E-state index is -0.375. The molecule has 1 unspecified atom stereocenters. The topological polar surface area (TPSA) is 84.2 Å². The summed E-state index contributed by atoms with van der Waals surface area (Å²) in [5, 5.41) is 6.00. The number of para-hydroxylation sites is 1. The summed E-state index contributed by atoms with van der Waals surface area (Å²) in [5.41, 5.74) is 5.85. The van der Waals surface area contributed by atoms with E-state index in [1.807, 2.05) is 24.3 Å². The molecular formula is C12H15N3O2S2. The Morgan fingerprint density at radius 2 is 2.26 bits per heavy atom. The van der Waals surface area contributed by atoms with E-state index in [0.29, 0.717) is 0 Å². The number of hydrogen-bond acceptors (Lipinski definition) is 5. The Labute approximate surface area is 120 Å². The molecule has 1 saturated heterocycles. The maximum absolute atomic E-state index is 12.0. The lowest BCUT2D eigenvalue weighted by atomic mass is 10.2. The smallest absolute Gasteiger partial charge is 0.242 e. The van der Waals surface area contributed by atoms with Crippen LogP contribution in [0.1, 0.15) is 0 Å². The fraction of sp³-hybridized carbons (Fsp3) is 0.333. The van der Waals surface area contributed by atoms with E-state index in [2.05, 4.69) is 10.6 Å². The minimum absolute atomic E-state index is 0.0443. The standard InChI is InChI=1S/C12H15N3O2S2/c13-11(16)6-19-10-4-2-1-3-8(10)15-12(17)9-5-18-7-14-9/h1-4,9,14H,5-7H2,(H2,13,16)(H,15,17). The van der Waals surface area contributed by atoms with Crippen molar-refractivity contribution in [2.45, 2.75) is 10.9 Å². The second kappa shape index (κ2) is 6.83. The molecule has 5 nitrogen and oxygen atoms in total. The van der Waals surface area contributed by atoms with Gasteiger partial charge in [-0.2, -0.15) is 0 Å². The summed E-state index contributed by atoms with van der Waals surface area (Å²) in [4.78, 5) is 23.7. The largest absolute Gasteiger partial charge is 0.369 e. The molecule has 1 aromatic rings. The van der Waals surface area contributed by atoms with Gasteiger partial charge in [-0.15, -0.1) is 23.5 Å². The van der Waals surface area contributed by atoms with Crippen molar-refractivity contribution < 1.29 is 9.59 Å². The number of hydrogen-bond donors (Lipinski definition) is 3. The Hall–Kier alpha value is -1.18. The number of benzene rings is 1. The third-order valence-electron chi connectivity index (χ3n) is 2.55. The molecule has 0 saturated carbocycles. The quantitative estimate of drug-likeness (QED) is 0.702. The first-order chi connectivity index (χ1) is 9.16. The van der Waals surface area contributed by atoms with Crippen LogP contribution in [0.5, 0.6) is 0 Å². The van der Waals surface area contributed by atoms with Crippen LogP contribution < -0.4 is 16.4 Å². The number of carbonyl (C=O) groups excluding carboxylic acids is 2. The molecule has 0 aromatic heterocycles. The third kappa shape index (κ3) is 4.15. The van der Waals surface area contributed by atoms with E-state index >= 15 is 0 Å². The van der Waals surface area contributed by atoms with Crippen molar-refractivity contribution in [3.63, 3.8) is 0 Å². The van der Waals surface area contributed by atoms with Gasteiger partial charge in [0.2, 0.25) is 11.8 Å². The van der Waals surface area contributed by atoms with Crippen molar-refractivity contribution in [3.8, 4) is 0 Å². The van der Waals surface area contributed by atoms with Crippen molar-refractivity contribution in [1.29, 1.82) is 0 Å². The van der Waals surface area contributed by atoms with Crippen LogP contribution in [0.3, 0.4) is 0 Å². The summed E-state index contributed by atoms with van der Waals surface area (Å²) >= 11 is 3.03. The minimum Gasteiger partial charge on any atom is -0.369 e. The molecule has 102 valence electrons. The normalized spacial score (nSPS) is 18.2. The van der Waals surface area contributed by atoms with Crippen LogP contribution in [0.15, 0.2) is 29.2 Å². The van der Waals surface area contributed by atoms with E-state index < -0.39 is 0 Å². The molecule has 4 N–H and O–H groups in total. The van der Waals surface area contributed by atoms with Crippen molar-refractivity contribution in [3.05, 3.63) is 24.3 Å². The van der Waals surface area contributed by atoms with E-state index in [4.69, 9.17) is 5.73 Å². The lowest BCUT2D eigenvalue weighted by molar-refractivity contribution is -0.117. The Morgan fingerprint density at radius 1 is 1.47 bits per heavy atom. The molecule has 1 aliphatic heterocycles. The summed E-state index contributed by atoms with van der Waals surface area (Å²) in [7, 11) is 0. The molecule has 19 heavy (non-hydrogen) atoms. The monoisotopic (exact) mass is 297 g/mol. The van der Waals surface area contributed by atoms with Gasteiger partial charge < -0.3 is 11.1 Å². The summed E-state index contributed by atoms with van der Waals surface area (Å²) in [6.45, 7) is 0. The van der Waals surface area contributed by atoms with Crippen LogP contribution >= 0.6 is 23.5 Å². The summed E-state index contributed by atoms with van der Waals surface area (Å²) in [6.07, 6.45) is 0. The molecule has 1 heterocycles. The van der Waals surface area contributed by atoms with E-state index in [9.17, 15) is 9.59 Å². The molecule has 7 heteroatoms. The number of carbonyl (C=O) groups is 2. The zero-order valence-electron chi connectivity index (χ0n) is 10.2. The number of primary amides is 1. The second-order valence-corrected chi connectivity index (χ2v) is 6.06. The second-order valence-electron chi connectivity index (χ2n) is 4.01. The van der Waals surface area contributed by atoms with Gasteiger partial charge in [-0.05, 0) is 12.1 Å². The average molecular weight is 297 g/mol. The lowest BCUT2D eigenvalue weighted by Crippen LogP contribution is -2.37. The molecule has 0 bridgehead atoms. The zero-order valence-corrected chi connectivity index (χ0v) is 11.9. The number of nitrogens with two attached hydrogens (primary N) is 1. The van der Waals surface area contributed by atoms with Gasteiger partial charge in [-0.3, -0.25) is 14.9 Å². The Bertz CT molecular complexity index is 476. The number of nitrogens with one attached hydrogen (secondary N) is 2. The van der Waals surface area contributed by atoms with Gasteiger partial charge in [0.15, 0.2) is 0 Å². The summed E-state index contributed by atoms with van der Waals surface area (Å²) in [5.74, 6) is 1.36. The number of rotatable bonds is 5. The van der Waals surface area contributed by atoms with Crippen LogP contribution in [0.25, 0.3) is 0 Å². The highest BCUT2D eigenvalue weighted by Crippen LogP contribution is 2.27. The Kier molecular flexibility index (Phi) is 5.12. The maximum Gasteiger partial charge on any atom is 0.242 e. The third-order valence-corrected chi connectivity index (χ3v) is 4.58. The highest BCUT2D eigenvalue weighted by molar-refractivity contribution is 8.00. The lowest BCUT2D eigenvalue weighted by Gasteiger charge is -2.13. The number of thioether (sulfide) groups is 2. The first-order valence-corrected chi connectivity index (χ1v) is 7.93. The molecule has 1 aliphatic rings. The summed E-state index contributed by atoms with van der Waals surface area (Å²) in [6, 6.07) is 7.24. The molecule has 1 atom stereocenters. The van der Waals surface area contributed by atoms with Gasteiger partial charge in [0.1, 0.15) is 0 Å². The van der Waals surface area contributed by atoms with Crippen LogP contribution in [-0.2, 0) is 9.59 Å². The molecule has 2 amide bonds. The van der Waals surface area contributed by atoms with Crippen molar-refractivity contribution in [1.82, 2.24) is 5.32 Å². The fourth-order valence-electron chi connectivity index (χ4n) is 1.63. The van der Waals surface area contributed by atoms with Gasteiger partial charge in [0.25, 0.3) is 0 Å². The van der Waals surface area contributed by atoms with Crippen molar-refractivity contribution >= 4 is 41.0 Å². The van der Waals surface area contributed by atoms with E-state index in [-0.39, 0.29) is 23.6 Å².